The fourth-order valence-corrected chi connectivity index (χ4v) is 4.17. The summed E-state index contributed by atoms with van der Waals surface area (Å²) in [6.45, 7) is 5.87. The summed E-state index contributed by atoms with van der Waals surface area (Å²) in [7, 11) is 0. The van der Waals surface area contributed by atoms with Crippen LogP contribution in [0, 0.1) is 12.7 Å². The predicted molar refractivity (Wildman–Crippen MR) is 89.6 cm³/mol. The van der Waals surface area contributed by atoms with Gasteiger partial charge in [0.2, 0.25) is 0 Å². The van der Waals surface area contributed by atoms with E-state index in [1.165, 1.54) is 29.0 Å². The van der Waals surface area contributed by atoms with E-state index in [4.69, 9.17) is 5.11 Å². The second kappa shape index (κ2) is 6.42. The van der Waals surface area contributed by atoms with Crippen LogP contribution in [-0.4, -0.2) is 28.6 Å². The molecule has 0 radical (unpaired) electrons. The average Bonchev–Trinajstić information content (AvgIpc) is 3.05. The minimum atomic E-state index is -0.858. The highest BCUT2D eigenvalue weighted by molar-refractivity contribution is 7.14. The fraction of sp³-hybridized carbons (Fsp3) is 0.389. The summed E-state index contributed by atoms with van der Waals surface area (Å²) in [4.78, 5) is 15.0. The second-order valence-electron chi connectivity index (χ2n) is 6.26. The van der Waals surface area contributed by atoms with Crippen LogP contribution in [0.15, 0.2) is 30.3 Å². The largest absolute Gasteiger partial charge is 0.477 e. The van der Waals surface area contributed by atoms with Crippen LogP contribution in [-0.2, 0) is 6.54 Å². The Labute approximate surface area is 139 Å². The molecule has 1 fully saturated rings. The van der Waals surface area contributed by atoms with E-state index in [0.29, 0.717) is 16.8 Å². The van der Waals surface area contributed by atoms with Crippen molar-refractivity contribution in [2.24, 2.45) is 0 Å². The third-order valence-electron chi connectivity index (χ3n) is 4.65. The van der Waals surface area contributed by atoms with Gasteiger partial charge in [-0.3, -0.25) is 4.90 Å². The Balaban J connectivity index is 1.72. The van der Waals surface area contributed by atoms with Gasteiger partial charge in [0, 0.05) is 24.0 Å². The van der Waals surface area contributed by atoms with Crippen LogP contribution in [0.5, 0.6) is 0 Å². The lowest BCUT2D eigenvalue weighted by molar-refractivity contribution is 0.0702. The third kappa shape index (κ3) is 3.46. The summed E-state index contributed by atoms with van der Waals surface area (Å²) in [5.41, 5.74) is 2.27. The Hall–Kier alpha value is -1.72. The summed E-state index contributed by atoms with van der Waals surface area (Å²) in [6.07, 6.45) is 1.04. The molecular weight excluding hydrogens is 313 g/mol. The van der Waals surface area contributed by atoms with E-state index in [-0.39, 0.29) is 5.82 Å². The fourth-order valence-electron chi connectivity index (χ4n) is 3.30. The first-order chi connectivity index (χ1) is 10.9. The van der Waals surface area contributed by atoms with Crippen molar-refractivity contribution < 1.29 is 14.3 Å². The number of likely N-dealkylation sites (tertiary alicyclic amines) is 1. The molecule has 0 bridgehead atoms. The average molecular weight is 333 g/mol. The number of carboxylic acids is 1. The standard InChI is InChI=1S/C18H20FNO2S/c1-11-7-15(13-3-5-16(19)6-4-13)10-20(11)9-14-8-17(18(21)22)23-12(14)2/h3-6,8,11,15H,7,9-10H2,1-2H3,(H,21,22). The van der Waals surface area contributed by atoms with Gasteiger partial charge in [-0.25, -0.2) is 9.18 Å². The van der Waals surface area contributed by atoms with E-state index in [9.17, 15) is 9.18 Å². The van der Waals surface area contributed by atoms with Gasteiger partial charge in [0.1, 0.15) is 10.7 Å². The molecule has 3 nitrogen and oxygen atoms in total. The monoisotopic (exact) mass is 333 g/mol. The van der Waals surface area contributed by atoms with E-state index in [1.54, 1.807) is 6.07 Å². The van der Waals surface area contributed by atoms with Crippen molar-refractivity contribution in [1.29, 1.82) is 0 Å². The molecule has 3 rings (SSSR count). The highest BCUT2D eigenvalue weighted by Crippen LogP contribution is 2.34. The van der Waals surface area contributed by atoms with Crippen LogP contribution in [0.2, 0.25) is 0 Å². The number of aromatic carboxylic acids is 1. The lowest BCUT2D eigenvalue weighted by Gasteiger charge is -2.20. The lowest BCUT2D eigenvalue weighted by Crippen LogP contribution is -2.26. The number of benzene rings is 1. The zero-order chi connectivity index (χ0) is 16.6. The van der Waals surface area contributed by atoms with Crippen LogP contribution in [0.25, 0.3) is 0 Å². The Kier molecular flexibility index (Phi) is 4.50. The number of hydrogen-bond donors (Lipinski definition) is 1. The lowest BCUT2D eigenvalue weighted by atomic mass is 9.97. The van der Waals surface area contributed by atoms with Crippen molar-refractivity contribution in [1.82, 2.24) is 4.90 Å². The molecule has 0 aliphatic carbocycles. The summed E-state index contributed by atoms with van der Waals surface area (Å²) in [6, 6.07) is 9.00. The van der Waals surface area contributed by atoms with Crippen LogP contribution < -0.4 is 0 Å². The van der Waals surface area contributed by atoms with E-state index in [1.807, 2.05) is 19.1 Å². The Morgan fingerprint density at radius 2 is 2.09 bits per heavy atom. The second-order valence-corrected chi connectivity index (χ2v) is 7.52. The maximum absolute atomic E-state index is 13.1. The number of carboxylic acid groups (broad SMARTS) is 1. The minimum Gasteiger partial charge on any atom is -0.477 e. The Bertz CT molecular complexity index is 710. The molecule has 2 unspecified atom stereocenters. The molecule has 122 valence electrons. The molecule has 1 aliphatic rings. The van der Waals surface area contributed by atoms with E-state index < -0.39 is 5.97 Å². The quantitative estimate of drug-likeness (QED) is 0.908. The smallest absolute Gasteiger partial charge is 0.345 e. The molecule has 0 spiro atoms. The molecule has 23 heavy (non-hydrogen) atoms. The topological polar surface area (TPSA) is 40.5 Å². The summed E-state index contributed by atoms with van der Waals surface area (Å²) in [5, 5.41) is 9.11. The normalized spacial score (nSPS) is 21.7. The third-order valence-corrected chi connectivity index (χ3v) is 5.73. The zero-order valence-electron chi connectivity index (χ0n) is 13.3. The number of thiophene rings is 1. The van der Waals surface area contributed by atoms with Crippen LogP contribution in [0.1, 0.15) is 44.9 Å². The van der Waals surface area contributed by atoms with E-state index in [2.05, 4.69) is 11.8 Å². The number of hydrogen-bond acceptors (Lipinski definition) is 3. The molecule has 1 aromatic heterocycles. The van der Waals surface area contributed by atoms with Gasteiger partial charge in [-0.05, 0) is 55.5 Å². The van der Waals surface area contributed by atoms with Gasteiger partial charge in [-0.15, -0.1) is 11.3 Å². The number of halogens is 1. The molecule has 1 aliphatic heterocycles. The van der Waals surface area contributed by atoms with Crippen molar-refractivity contribution in [2.75, 3.05) is 6.54 Å². The molecule has 1 aromatic carbocycles. The summed E-state index contributed by atoms with van der Waals surface area (Å²) in [5.74, 6) is -0.654. The zero-order valence-corrected chi connectivity index (χ0v) is 14.1. The molecule has 1 N–H and O–H groups in total. The van der Waals surface area contributed by atoms with Crippen molar-refractivity contribution in [3.05, 3.63) is 57.0 Å². The Morgan fingerprint density at radius 1 is 1.39 bits per heavy atom. The first-order valence-corrected chi connectivity index (χ1v) is 8.58. The highest BCUT2D eigenvalue weighted by Gasteiger charge is 2.30. The molecular formula is C18H20FNO2S. The van der Waals surface area contributed by atoms with Gasteiger partial charge in [0.25, 0.3) is 0 Å². The maximum atomic E-state index is 13.1. The molecule has 1 saturated heterocycles. The number of carbonyl (C=O) groups is 1. The predicted octanol–water partition coefficient (Wildman–Crippen LogP) is 4.27. The summed E-state index contributed by atoms with van der Waals surface area (Å²) < 4.78 is 13.1. The van der Waals surface area contributed by atoms with Crippen molar-refractivity contribution in [2.45, 2.75) is 38.8 Å². The Morgan fingerprint density at radius 3 is 2.70 bits per heavy atom. The minimum absolute atomic E-state index is 0.202. The first-order valence-electron chi connectivity index (χ1n) is 7.76. The SMILES string of the molecule is Cc1sc(C(=O)O)cc1CN1CC(c2ccc(F)cc2)CC1C. The van der Waals surface area contributed by atoms with Gasteiger partial charge in [-0.1, -0.05) is 12.1 Å². The number of rotatable bonds is 4. The van der Waals surface area contributed by atoms with E-state index in [0.717, 1.165) is 30.0 Å². The maximum Gasteiger partial charge on any atom is 0.345 e. The molecule has 5 heteroatoms. The van der Waals surface area contributed by atoms with Gasteiger partial charge in [-0.2, -0.15) is 0 Å². The molecule has 0 amide bonds. The van der Waals surface area contributed by atoms with Crippen LogP contribution in [0.3, 0.4) is 0 Å². The van der Waals surface area contributed by atoms with E-state index >= 15 is 0 Å². The number of nitrogens with zero attached hydrogens (tertiary/aromatic N) is 1. The van der Waals surface area contributed by atoms with Crippen molar-refractivity contribution in [3.63, 3.8) is 0 Å². The van der Waals surface area contributed by atoms with Gasteiger partial charge in [0.05, 0.1) is 0 Å². The highest BCUT2D eigenvalue weighted by atomic mass is 32.1. The van der Waals surface area contributed by atoms with Crippen molar-refractivity contribution >= 4 is 17.3 Å². The molecule has 0 saturated carbocycles. The van der Waals surface area contributed by atoms with Crippen LogP contribution >= 0.6 is 11.3 Å². The van der Waals surface area contributed by atoms with Crippen molar-refractivity contribution in [3.8, 4) is 0 Å². The molecule has 2 atom stereocenters. The first kappa shape index (κ1) is 16.1. The van der Waals surface area contributed by atoms with Gasteiger partial charge in [0.15, 0.2) is 0 Å². The summed E-state index contributed by atoms with van der Waals surface area (Å²) >= 11 is 1.34. The van der Waals surface area contributed by atoms with Gasteiger partial charge < -0.3 is 5.11 Å². The number of aryl methyl sites for hydroxylation is 1. The van der Waals surface area contributed by atoms with Gasteiger partial charge >= 0.3 is 5.97 Å². The molecule has 2 aromatic rings. The molecule has 2 heterocycles. The van der Waals surface area contributed by atoms with Crippen LogP contribution in [0.4, 0.5) is 4.39 Å².